The van der Waals surface area contributed by atoms with Crippen molar-refractivity contribution in [1.82, 2.24) is 9.88 Å². The minimum Gasteiger partial charge on any atom is -0.497 e. The van der Waals surface area contributed by atoms with Crippen LogP contribution in [0.15, 0.2) is 36.5 Å². The van der Waals surface area contributed by atoms with E-state index in [0.29, 0.717) is 30.9 Å². The van der Waals surface area contributed by atoms with Crippen molar-refractivity contribution in [3.63, 3.8) is 0 Å². The first kappa shape index (κ1) is 25.7. The molecule has 2 saturated heterocycles. The number of hydrogen-bond acceptors (Lipinski definition) is 6. The van der Waals surface area contributed by atoms with Crippen LogP contribution in [-0.2, 0) is 11.3 Å². The number of methoxy groups -OCH3 is 1. The molecule has 1 atom stereocenters. The van der Waals surface area contributed by atoms with Gasteiger partial charge in [-0.2, -0.15) is 0 Å². The highest BCUT2D eigenvalue weighted by atomic mass is 19.3. The summed E-state index contributed by atoms with van der Waals surface area (Å²) in [7, 11) is 1.63. The van der Waals surface area contributed by atoms with Crippen molar-refractivity contribution in [1.29, 1.82) is 0 Å². The number of hydrogen-bond donors (Lipinski definition) is 1. The SMILES string of the molecule is COc1ccc(CN2CC(F)(F)C2)c(N2CCC(COc3cc(C(CC(=O)O)C4CC4)ccn3)CC2)c1. The third-order valence-electron chi connectivity index (χ3n) is 7.79. The molecule has 3 fully saturated rings. The summed E-state index contributed by atoms with van der Waals surface area (Å²) in [6.07, 6.45) is 5.90. The number of nitrogens with zero attached hydrogens (tertiary/aromatic N) is 3. The summed E-state index contributed by atoms with van der Waals surface area (Å²) in [5, 5.41) is 9.30. The Kier molecular flexibility index (Phi) is 7.51. The van der Waals surface area contributed by atoms with E-state index < -0.39 is 11.9 Å². The summed E-state index contributed by atoms with van der Waals surface area (Å²) in [6, 6.07) is 9.70. The number of pyridine rings is 1. The van der Waals surface area contributed by atoms with E-state index in [9.17, 15) is 18.7 Å². The number of rotatable bonds is 11. The summed E-state index contributed by atoms with van der Waals surface area (Å²) in [5.41, 5.74) is 3.08. The lowest BCUT2D eigenvalue weighted by Gasteiger charge is -2.40. The van der Waals surface area contributed by atoms with Gasteiger partial charge in [-0.1, -0.05) is 6.07 Å². The molecule has 2 aliphatic heterocycles. The summed E-state index contributed by atoms with van der Waals surface area (Å²) < 4.78 is 38.2. The largest absolute Gasteiger partial charge is 0.497 e. The van der Waals surface area contributed by atoms with Gasteiger partial charge in [-0.05, 0) is 66.7 Å². The number of anilines is 1. The zero-order valence-corrected chi connectivity index (χ0v) is 21.2. The van der Waals surface area contributed by atoms with Crippen molar-refractivity contribution >= 4 is 11.7 Å². The summed E-state index contributed by atoms with van der Waals surface area (Å²) in [5.74, 6) is -1.20. The molecule has 9 heteroatoms. The smallest absolute Gasteiger partial charge is 0.303 e. The van der Waals surface area contributed by atoms with Crippen molar-refractivity contribution in [2.45, 2.75) is 50.5 Å². The second kappa shape index (κ2) is 10.8. The van der Waals surface area contributed by atoms with Gasteiger partial charge in [-0.25, -0.2) is 13.8 Å². The highest BCUT2D eigenvalue weighted by molar-refractivity contribution is 5.68. The van der Waals surface area contributed by atoms with E-state index in [2.05, 4.69) is 9.88 Å². The first-order valence-corrected chi connectivity index (χ1v) is 13.1. The van der Waals surface area contributed by atoms with Gasteiger partial charge >= 0.3 is 5.97 Å². The number of aromatic nitrogens is 1. The number of ether oxygens (including phenoxy) is 2. The fourth-order valence-electron chi connectivity index (χ4n) is 5.58. The molecule has 1 aromatic carbocycles. The van der Waals surface area contributed by atoms with Gasteiger partial charge in [0.15, 0.2) is 0 Å². The Hall–Kier alpha value is -2.94. The summed E-state index contributed by atoms with van der Waals surface area (Å²) in [4.78, 5) is 19.8. The van der Waals surface area contributed by atoms with E-state index in [0.717, 1.165) is 61.3 Å². The Morgan fingerprint density at radius 1 is 1.16 bits per heavy atom. The predicted octanol–water partition coefficient (Wildman–Crippen LogP) is 4.80. The maximum Gasteiger partial charge on any atom is 0.303 e. The van der Waals surface area contributed by atoms with Crippen molar-refractivity contribution < 1.29 is 28.2 Å². The van der Waals surface area contributed by atoms with E-state index in [-0.39, 0.29) is 25.4 Å². The molecule has 1 saturated carbocycles. The lowest BCUT2D eigenvalue weighted by molar-refractivity contribution is -0.137. The molecular weight excluding hydrogens is 480 g/mol. The lowest BCUT2D eigenvalue weighted by Crippen LogP contribution is -2.55. The molecule has 0 amide bonds. The molecule has 3 aliphatic rings. The third-order valence-corrected chi connectivity index (χ3v) is 7.79. The molecular formula is C28H35F2N3O4. The summed E-state index contributed by atoms with van der Waals surface area (Å²) in [6.45, 7) is 2.38. The Morgan fingerprint density at radius 2 is 1.92 bits per heavy atom. The molecule has 3 heterocycles. The van der Waals surface area contributed by atoms with Crippen LogP contribution < -0.4 is 14.4 Å². The minimum absolute atomic E-state index is 0.0191. The number of carboxylic acid groups (broad SMARTS) is 1. The van der Waals surface area contributed by atoms with Gasteiger partial charge < -0.3 is 19.5 Å². The number of piperidine rings is 1. The Morgan fingerprint density at radius 3 is 2.57 bits per heavy atom. The van der Waals surface area contributed by atoms with E-state index >= 15 is 0 Å². The predicted molar refractivity (Wildman–Crippen MR) is 136 cm³/mol. The maximum atomic E-state index is 13.3. The van der Waals surface area contributed by atoms with Crippen LogP contribution in [-0.4, -0.2) is 66.8 Å². The molecule has 0 radical (unpaired) electrons. The maximum absolute atomic E-state index is 13.3. The van der Waals surface area contributed by atoms with Crippen molar-refractivity contribution in [3.05, 3.63) is 47.7 Å². The van der Waals surface area contributed by atoms with Crippen LogP contribution in [0.4, 0.5) is 14.5 Å². The van der Waals surface area contributed by atoms with Crippen molar-refractivity contribution in [2.24, 2.45) is 11.8 Å². The minimum atomic E-state index is -2.57. The average molecular weight is 516 g/mol. The highest BCUT2D eigenvalue weighted by Gasteiger charge is 2.43. The standard InChI is InChI=1S/C28H35F2N3O4/c1-36-23-5-4-22(15-32-17-28(29,30)18-32)25(13-23)33-10-7-19(8-11-33)16-37-26-12-21(6-9-31-26)24(14-27(34)35)20-2-3-20/h4-6,9,12-13,19-20,24H,2-3,7-8,10-11,14-18H2,1H3,(H,34,35). The van der Waals surface area contributed by atoms with Crippen LogP contribution in [0.5, 0.6) is 11.6 Å². The normalized spacial score (nSPS) is 20.8. The zero-order chi connectivity index (χ0) is 26.0. The molecule has 37 heavy (non-hydrogen) atoms. The molecule has 7 nitrogen and oxygen atoms in total. The van der Waals surface area contributed by atoms with Gasteiger partial charge in [0.2, 0.25) is 5.88 Å². The van der Waals surface area contributed by atoms with Crippen molar-refractivity contribution in [2.75, 3.05) is 44.8 Å². The molecule has 0 bridgehead atoms. The number of halogens is 2. The first-order valence-electron chi connectivity index (χ1n) is 13.1. The van der Waals surface area contributed by atoms with Crippen molar-refractivity contribution in [3.8, 4) is 11.6 Å². The number of carbonyl (C=O) groups is 1. The molecule has 1 aromatic heterocycles. The average Bonchev–Trinajstić information content (AvgIpc) is 3.71. The van der Waals surface area contributed by atoms with E-state index in [1.807, 2.05) is 30.3 Å². The highest BCUT2D eigenvalue weighted by Crippen LogP contribution is 2.45. The first-order chi connectivity index (χ1) is 17.8. The van der Waals surface area contributed by atoms with Gasteiger partial charge in [-0.3, -0.25) is 9.69 Å². The van der Waals surface area contributed by atoms with Crippen LogP contribution in [0.2, 0.25) is 0 Å². The monoisotopic (exact) mass is 515 g/mol. The molecule has 5 rings (SSSR count). The van der Waals surface area contributed by atoms with Gasteiger partial charge in [0, 0.05) is 43.7 Å². The van der Waals surface area contributed by atoms with E-state index in [1.54, 1.807) is 18.2 Å². The Balaban J connectivity index is 1.16. The lowest BCUT2D eigenvalue weighted by atomic mass is 9.92. The molecule has 1 aliphatic carbocycles. The third kappa shape index (κ3) is 6.50. The number of carboxylic acids is 1. The Labute approximate surface area is 216 Å². The van der Waals surface area contributed by atoms with E-state index in [1.165, 1.54) is 0 Å². The molecule has 0 spiro atoms. The number of likely N-dealkylation sites (tertiary alicyclic amines) is 1. The van der Waals surface area contributed by atoms with Crippen LogP contribution in [0.1, 0.15) is 49.1 Å². The Bertz CT molecular complexity index is 1090. The quantitative estimate of drug-likeness (QED) is 0.461. The summed E-state index contributed by atoms with van der Waals surface area (Å²) >= 11 is 0. The number of benzene rings is 1. The molecule has 1 N–H and O–H groups in total. The fourth-order valence-corrected chi connectivity index (χ4v) is 5.58. The molecule has 2 aromatic rings. The topological polar surface area (TPSA) is 75.1 Å². The van der Waals surface area contributed by atoms with Gasteiger partial charge in [-0.15, -0.1) is 0 Å². The fraction of sp³-hybridized carbons (Fsp3) is 0.571. The molecule has 1 unspecified atom stereocenters. The van der Waals surface area contributed by atoms with E-state index in [4.69, 9.17) is 9.47 Å². The van der Waals surface area contributed by atoms with Crippen LogP contribution in [0, 0.1) is 11.8 Å². The van der Waals surface area contributed by atoms with Crippen LogP contribution in [0.25, 0.3) is 0 Å². The molecule has 200 valence electrons. The van der Waals surface area contributed by atoms with Gasteiger partial charge in [0.05, 0.1) is 33.2 Å². The number of alkyl halides is 2. The number of aliphatic carboxylic acids is 1. The van der Waals surface area contributed by atoms with Crippen LogP contribution >= 0.6 is 0 Å². The van der Waals surface area contributed by atoms with Crippen LogP contribution in [0.3, 0.4) is 0 Å². The zero-order valence-electron chi connectivity index (χ0n) is 21.2. The second-order valence-corrected chi connectivity index (χ2v) is 10.7. The second-order valence-electron chi connectivity index (χ2n) is 10.7. The van der Waals surface area contributed by atoms with Gasteiger partial charge in [0.25, 0.3) is 5.92 Å². The van der Waals surface area contributed by atoms with Gasteiger partial charge in [0.1, 0.15) is 5.75 Å².